The monoisotopic (exact) mass is 298 g/mol. The zero-order valence-corrected chi connectivity index (χ0v) is 12.7. The smallest absolute Gasteiger partial charge is 0.215 e. The van der Waals surface area contributed by atoms with Gasteiger partial charge in [-0.3, -0.25) is 0 Å². The van der Waals surface area contributed by atoms with Crippen molar-refractivity contribution in [2.75, 3.05) is 30.9 Å². The molecule has 0 radical (unpaired) electrons. The van der Waals surface area contributed by atoms with E-state index in [1.165, 1.54) is 4.31 Å². The molecule has 0 saturated carbocycles. The highest BCUT2D eigenvalue weighted by molar-refractivity contribution is 7.93. The van der Waals surface area contributed by atoms with Crippen molar-refractivity contribution in [3.8, 4) is 0 Å². The molecule has 0 aromatic heterocycles. The molecule has 1 heterocycles. The molecule has 1 fully saturated rings. The fraction of sp³-hybridized carbons (Fsp3) is 1.00. The van der Waals surface area contributed by atoms with Crippen molar-refractivity contribution in [3.63, 3.8) is 0 Å². The maximum absolute atomic E-state index is 12.0. The number of nitrogens with zero attached hydrogens (tertiary/aromatic N) is 1. The molecule has 0 aliphatic carbocycles. The van der Waals surface area contributed by atoms with E-state index in [-0.39, 0.29) is 23.0 Å². The van der Waals surface area contributed by atoms with Crippen LogP contribution in [0, 0.1) is 5.41 Å². The number of hydrogen-bond donors (Lipinski definition) is 1. The molecule has 0 amide bonds. The molecule has 6 nitrogen and oxygen atoms in total. The van der Waals surface area contributed by atoms with Gasteiger partial charge in [-0.1, -0.05) is 13.8 Å². The average molecular weight is 298 g/mol. The molecule has 108 valence electrons. The van der Waals surface area contributed by atoms with Gasteiger partial charge in [-0.2, -0.15) is 0 Å². The van der Waals surface area contributed by atoms with Crippen LogP contribution in [0.5, 0.6) is 0 Å². The lowest BCUT2D eigenvalue weighted by molar-refractivity contribution is 0.156. The number of piperidine rings is 1. The summed E-state index contributed by atoms with van der Waals surface area (Å²) in [7, 11) is -6.78. The van der Waals surface area contributed by atoms with Crippen LogP contribution in [0.4, 0.5) is 0 Å². The Morgan fingerprint density at radius 3 is 2.22 bits per heavy atom. The van der Waals surface area contributed by atoms with Gasteiger partial charge in [0.1, 0.15) is 9.84 Å². The molecule has 0 spiro atoms. The van der Waals surface area contributed by atoms with Gasteiger partial charge in [-0.15, -0.1) is 0 Å². The number of hydrogen-bond acceptors (Lipinski definition) is 5. The summed E-state index contributed by atoms with van der Waals surface area (Å²) in [6.07, 6.45) is 1.64. The van der Waals surface area contributed by atoms with E-state index in [4.69, 9.17) is 5.73 Å². The lowest BCUT2D eigenvalue weighted by Crippen LogP contribution is -2.54. The predicted octanol–water partition coefficient (Wildman–Crippen LogP) is -0.580. The van der Waals surface area contributed by atoms with Gasteiger partial charge in [-0.25, -0.2) is 21.1 Å². The fourth-order valence-electron chi connectivity index (χ4n) is 1.95. The molecule has 8 heteroatoms. The highest BCUT2D eigenvalue weighted by Crippen LogP contribution is 2.29. The number of sulfonamides is 1. The minimum absolute atomic E-state index is 0.0288. The Hall–Kier alpha value is -0.180. The minimum Gasteiger partial charge on any atom is -0.327 e. The van der Waals surface area contributed by atoms with Crippen molar-refractivity contribution in [1.82, 2.24) is 4.31 Å². The number of rotatable bonds is 4. The van der Waals surface area contributed by atoms with E-state index in [1.54, 1.807) is 0 Å². The van der Waals surface area contributed by atoms with Crippen LogP contribution >= 0.6 is 0 Å². The summed E-state index contributed by atoms with van der Waals surface area (Å²) >= 11 is 0. The molecule has 0 aromatic rings. The minimum atomic E-state index is -3.51. The first-order valence-electron chi connectivity index (χ1n) is 5.85. The highest BCUT2D eigenvalue weighted by atomic mass is 32.2. The van der Waals surface area contributed by atoms with Gasteiger partial charge in [0.25, 0.3) is 0 Å². The van der Waals surface area contributed by atoms with Crippen LogP contribution in [-0.4, -0.2) is 58.0 Å². The summed E-state index contributed by atoms with van der Waals surface area (Å²) in [5.41, 5.74) is 5.66. The Balaban J connectivity index is 2.75. The molecule has 1 atom stereocenters. The molecule has 1 saturated heterocycles. The van der Waals surface area contributed by atoms with Crippen LogP contribution in [0.15, 0.2) is 0 Å². The first-order valence-corrected chi connectivity index (χ1v) is 9.52. The fourth-order valence-corrected chi connectivity index (χ4v) is 5.17. The van der Waals surface area contributed by atoms with E-state index in [2.05, 4.69) is 0 Å². The van der Waals surface area contributed by atoms with Crippen molar-refractivity contribution in [3.05, 3.63) is 0 Å². The van der Waals surface area contributed by atoms with Gasteiger partial charge in [0.05, 0.1) is 11.5 Å². The third kappa shape index (κ3) is 4.18. The van der Waals surface area contributed by atoms with Crippen LogP contribution in [0.3, 0.4) is 0 Å². The first kappa shape index (κ1) is 15.9. The van der Waals surface area contributed by atoms with Crippen molar-refractivity contribution >= 4 is 19.9 Å². The van der Waals surface area contributed by atoms with Crippen molar-refractivity contribution in [2.45, 2.75) is 26.3 Å². The van der Waals surface area contributed by atoms with Gasteiger partial charge >= 0.3 is 0 Å². The molecule has 0 bridgehead atoms. The largest absolute Gasteiger partial charge is 0.327 e. The van der Waals surface area contributed by atoms with Crippen molar-refractivity contribution in [2.24, 2.45) is 11.1 Å². The molecule has 1 unspecified atom stereocenters. The lowest BCUT2D eigenvalue weighted by Gasteiger charge is -2.41. The van der Waals surface area contributed by atoms with Gasteiger partial charge in [0.2, 0.25) is 10.0 Å². The maximum atomic E-state index is 12.0. The van der Waals surface area contributed by atoms with E-state index in [1.807, 2.05) is 13.8 Å². The Labute approximate surface area is 110 Å². The second-order valence-corrected chi connectivity index (χ2v) is 10.0. The summed E-state index contributed by atoms with van der Waals surface area (Å²) in [6.45, 7) is 4.57. The van der Waals surface area contributed by atoms with Gasteiger partial charge in [0, 0.05) is 25.4 Å². The van der Waals surface area contributed by atoms with E-state index in [9.17, 15) is 16.8 Å². The lowest BCUT2D eigenvalue weighted by atomic mass is 9.81. The molecule has 0 aromatic carbocycles. The normalized spacial score (nSPS) is 26.1. The summed E-state index contributed by atoms with van der Waals surface area (Å²) in [6, 6.07) is -0.0288. The van der Waals surface area contributed by atoms with E-state index in [0.717, 1.165) is 6.26 Å². The molecule has 1 aliphatic rings. The quantitative estimate of drug-likeness (QED) is 0.749. The summed E-state index contributed by atoms with van der Waals surface area (Å²) in [5, 5.41) is 0. The Morgan fingerprint density at radius 1 is 1.22 bits per heavy atom. The molecule has 1 aliphatic heterocycles. The summed E-state index contributed by atoms with van der Waals surface area (Å²) in [5.74, 6) is -0.685. The Bertz CT molecular complexity index is 496. The van der Waals surface area contributed by atoms with Crippen LogP contribution in [-0.2, 0) is 19.9 Å². The zero-order chi connectivity index (χ0) is 14.2. The molecule has 18 heavy (non-hydrogen) atoms. The molecular formula is C10H22N2O4S2. The summed E-state index contributed by atoms with van der Waals surface area (Å²) < 4.78 is 47.5. The van der Waals surface area contributed by atoms with Crippen LogP contribution in [0.25, 0.3) is 0 Å². The van der Waals surface area contributed by atoms with Crippen LogP contribution < -0.4 is 5.73 Å². The van der Waals surface area contributed by atoms with Gasteiger partial charge in [0.15, 0.2) is 0 Å². The van der Waals surface area contributed by atoms with Crippen LogP contribution in [0.2, 0.25) is 0 Å². The maximum Gasteiger partial charge on any atom is 0.215 e. The zero-order valence-electron chi connectivity index (χ0n) is 11.1. The SMILES string of the molecule is CC1(C)CN(S(=O)(=O)CCS(C)(=O)=O)CCC1N. The third-order valence-corrected chi connectivity index (χ3v) is 6.41. The summed E-state index contributed by atoms with van der Waals surface area (Å²) in [4.78, 5) is 0. The predicted molar refractivity (Wildman–Crippen MR) is 71.4 cm³/mol. The topological polar surface area (TPSA) is 97.5 Å². The number of sulfone groups is 1. The van der Waals surface area contributed by atoms with E-state index >= 15 is 0 Å². The van der Waals surface area contributed by atoms with Crippen molar-refractivity contribution in [1.29, 1.82) is 0 Å². The average Bonchev–Trinajstić information content (AvgIpc) is 2.18. The Kier molecular flexibility index (Phi) is 4.47. The van der Waals surface area contributed by atoms with E-state index < -0.39 is 19.9 Å². The van der Waals surface area contributed by atoms with Crippen LogP contribution in [0.1, 0.15) is 20.3 Å². The second kappa shape index (κ2) is 5.07. The van der Waals surface area contributed by atoms with Gasteiger partial charge < -0.3 is 5.73 Å². The Morgan fingerprint density at radius 2 is 1.78 bits per heavy atom. The molecule has 2 N–H and O–H groups in total. The molecular weight excluding hydrogens is 276 g/mol. The first-order chi connectivity index (χ1) is 7.94. The number of nitrogens with two attached hydrogens (primary N) is 1. The van der Waals surface area contributed by atoms with E-state index in [0.29, 0.717) is 19.5 Å². The van der Waals surface area contributed by atoms with Gasteiger partial charge in [-0.05, 0) is 11.8 Å². The third-order valence-electron chi connectivity index (χ3n) is 3.38. The molecule has 1 rings (SSSR count). The highest BCUT2D eigenvalue weighted by Gasteiger charge is 2.38. The standard InChI is InChI=1S/C10H22N2O4S2/c1-10(2)8-12(5-4-9(10)11)18(15,16)7-6-17(3,13)14/h9H,4-8,11H2,1-3H3. The van der Waals surface area contributed by atoms with Crippen molar-refractivity contribution < 1.29 is 16.8 Å². The second-order valence-electron chi connectivity index (χ2n) is 5.66.